The van der Waals surface area contributed by atoms with Crippen molar-refractivity contribution in [1.82, 2.24) is 15.1 Å². The zero-order valence-corrected chi connectivity index (χ0v) is 12.4. The molecule has 0 bridgehead atoms. The fourth-order valence-electron chi connectivity index (χ4n) is 2.92. The lowest BCUT2D eigenvalue weighted by Crippen LogP contribution is -2.40. The van der Waals surface area contributed by atoms with Crippen molar-refractivity contribution >= 4 is 5.91 Å². The van der Waals surface area contributed by atoms with E-state index in [1.165, 1.54) is 4.90 Å². The third-order valence-electron chi connectivity index (χ3n) is 3.94. The van der Waals surface area contributed by atoms with Gasteiger partial charge < -0.3 is 10.0 Å². The third kappa shape index (κ3) is 3.43. The van der Waals surface area contributed by atoms with Crippen LogP contribution in [0.15, 0.2) is 0 Å². The number of hydrogen-bond donors (Lipinski definition) is 2. The average Bonchev–Trinajstić information content (AvgIpc) is 2.89. The number of hydrogen-bond acceptors (Lipinski definition) is 3. The van der Waals surface area contributed by atoms with Crippen LogP contribution in [0.4, 0.5) is 13.2 Å². The molecule has 124 valence electrons. The van der Waals surface area contributed by atoms with E-state index in [2.05, 4.69) is 10.2 Å². The molecule has 1 unspecified atom stereocenters. The van der Waals surface area contributed by atoms with Gasteiger partial charge in [0.25, 0.3) is 0 Å². The summed E-state index contributed by atoms with van der Waals surface area (Å²) in [7, 11) is 0. The molecule has 0 fully saturated rings. The van der Waals surface area contributed by atoms with Crippen LogP contribution in [0.5, 0.6) is 0 Å². The number of carbonyl (C=O) groups excluding carboxylic acids is 1. The van der Waals surface area contributed by atoms with Crippen molar-refractivity contribution in [1.29, 1.82) is 0 Å². The topological polar surface area (TPSA) is 69.2 Å². The Bertz CT molecular complexity index is 522. The normalized spacial score (nSPS) is 18.1. The predicted octanol–water partition coefficient (Wildman–Crippen LogP) is 1.76. The molecule has 22 heavy (non-hydrogen) atoms. The van der Waals surface area contributed by atoms with E-state index >= 15 is 0 Å². The molecular formula is C14H20F3N3O2. The van der Waals surface area contributed by atoms with Gasteiger partial charge in [-0.25, -0.2) is 0 Å². The van der Waals surface area contributed by atoms with Gasteiger partial charge in [0.05, 0.1) is 6.61 Å². The minimum atomic E-state index is -4.51. The highest BCUT2D eigenvalue weighted by Gasteiger charge is 2.40. The van der Waals surface area contributed by atoms with E-state index in [9.17, 15) is 18.0 Å². The van der Waals surface area contributed by atoms with E-state index in [0.717, 1.165) is 6.42 Å². The SMILES string of the molecule is CCCN(CCO)C(=O)C1CCc2[nH]nc(C(F)(F)F)c2C1. The molecule has 2 N–H and O–H groups in total. The van der Waals surface area contributed by atoms with Gasteiger partial charge in [0.1, 0.15) is 0 Å². The van der Waals surface area contributed by atoms with Crippen molar-refractivity contribution in [3.63, 3.8) is 0 Å². The molecule has 0 aromatic carbocycles. The number of aliphatic hydroxyl groups excluding tert-OH is 1. The van der Waals surface area contributed by atoms with Crippen molar-refractivity contribution in [3.8, 4) is 0 Å². The first-order chi connectivity index (χ1) is 10.4. The zero-order chi connectivity index (χ0) is 16.3. The Balaban J connectivity index is 2.17. The van der Waals surface area contributed by atoms with Crippen LogP contribution in [0.25, 0.3) is 0 Å². The summed E-state index contributed by atoms with van der Waals surface area (Å²) in [5.41, 5.74) is -0.331. The van der Waals surface area contributed by atoms with Gasteiger partial charge in [0.15, 0.2) is 5.69 Å². The lowest BCUT2D eigenvalue weighted by atomic mass is 9.85. The summed E-state index contributed by atoms with van der Waals surface area (Å²) in [5, 5.41) is 14.8. The molecule has 0 spiro atoms. The predicted molar refractivity (Wildman–Crippen MR) is 73.1 cm³/mol. The van der Waals surface area contributed by atoms with Crippen LogP contribution >= 0.6 is 0 Å². The van der Waals surface area contributed by atoms with E-state index in [4.69, 9.17) is 5.11 Å². The fraction of sp³-hybridized carbons (Fsp3) is 0.714. The van der Waals surface area contributed by atoms with E-state index in [1.807, 2.05) is 6.92 Å². The molecule has 1 aromatic heterocycles. The molecule has 0 saturated carbocycles. The molecular weight excluding hydrogens is 299 g/mol. The van der Waals surface area contributed by atoms with Crippen molar-refractivity contribution in [2.75, 3.05) is 19.7 Å². The lowest BCUT2D eigenvalue weighted by molar-refractivity contribution is -0.143. The number of amides is 1. The molecule has 1 aromatic rings. The van der Waals surface area contributed by atoms with Crippen molar-refractivity contribution in [3.05, 3.63) is 17.0 Å². The van der Waals surface area contributed by atoms with Gasteiger partial charge in [-0.1, -0.05) is 6.92 Å². The first-order valence-corrected chi connectivity index (χ1v) is 7.41. The molecule has 0 aliphatic heterocycles. The van der Waals surface area contributed by atoms with Gasteiger partial charge in [-0.2, -0.15) is 18.3 Å². The first kappa shape index (κ1) is 16.8. The molecule has 1 atom stereocenters. The average molecular weight is 319 g/mol. The van der Waals surface area contributed by atoms with Crippen LogP contribution < -0.4 is 0 Å². The van der Waals surface area contributed by atoms with Gasteiger partial charge in [-0.3, -0.25) is 9.89 Å². The van der Waals surface area contributed by atoms with E-state index in [0.29, 0.717) is 25.1 Å². The number of nitrogens with one attached hydrogen (secondary N) is 1. The van der Waals surface area contributed by atoms with Gasteiger partial charge in [-0.15, -0.1) is 0 Å². The third-order valence-corrected chi connectivity index (χ3v) is 3.94. The zero-order valence-electron chi connectivity index (χ0n) is 12.4. The second kappa shape index (κ2) is 6.68. The number of H-pyrrole nitrogens is 1. The standard InChI is InChI=1S/C14H20F3N3O2/c1-2-5-20(6-7-21)13(22)9-3-4-11-10(8-9)12(19-18-11)14(15,16)17/h9,21H,2-8H2,1H3,(H,18,19). The maximum Gasteiger partial charge on any atom is 0.435 e. The van der Waals surface area contributed by atoms with Gasteiger partial charge in [0.2, 0.25) is 5.91 Å². The Kier molecular flexibility index (Phi) is 5.10. The summed E-state index contributed by atoms with van der Waals surface area (Å²) in [6.45, 7) is 2.48. The Morgan fingerprint density at radius 1 is 1.45 bits per heavy atom. The number of aryl methyl sites for hydroxylation is 1. The van der Waals surface area contributed by atoms with Crippen LogP contribution in [0, 0.1) is 5.92 Å². The van der Waals surface area contributed by atoms with Crippen molar-refractivity contribution in [2.24, 2.45) is 5.92 Å². The summed E-state index contributed by atoms with van der Waals surface area (Å²) in [6, 6.07) is 0. The number of aliphatic hydroxyl groups is 1. The lowest BCUT2D eigenvalue weighted by Gasteiger charge is -2.29. The highest BCUT2D eigenvalue weighted by atomic mass is 19.4. The Labute approximate surface area is 126 Å². The smallest absolute Gasteiger partial charge is 0.395 e. The Hall–Kier alpha value is -1.57. The first-order valence-electron chi connectivity index (χ1n) is 7.41. The number of nitrogens with zero attached hydrogens (tertiary/aromatic N) is 2. The molecule has 8 heteroatoms. The van der Waals surface area contributed by atoms with E-state index < -0.39 is 17.8 Å². The fourth-order valence-corrected chi connectivity index (χ4v) is 2.92. The number of aromatic nitrogens is 2. The molecule has 1 aliphatic carbocycles. The van der Waals surface area contributed by atoms with Crippen LogP contribution in [-0.2, 0) is 23.8 Å². The highest BCUT2D eigenvalue weighted by molar-refractivity contribution is 5.79. The highest BCUT2D eigenvalue weighted by Crippen LogP contribution is 2.36. The molecule has 1 heterocycles. The van der Waals surface area contributed by atoms with Gasteiger partial charge in [-0.05, 0) is 25.7 Å². The Morgan fingerprint density at radius 2 is 2.18 bits per heavy atom. The number of aromatic amines is 1. The van der Waals surface area contributed by atoms with Crippen LogP contribution in [0.2, 0.25) is 0 Å². The van der Waals surface area contributed by atoms with Crippen molar-refractivity contribution in [2.45, 2.75) is 38.8 Å². The second-order valence-corrected chi connectivity index (χ2v) is 5.52. The van der Waals surface area contributed by atoms with Gasteiger partial charge in [0, 0.05) is 30.3 Å². The monoisotopic (exact) mass is 319 g/mol. The summed E-state index contributed by atoms with van der Waals surface area (Å²) in [4.78, 5) is 14.0. The molecule has 0 radical (unpaired) electrons. The van der Waals surface area contributed by atoms with Crippen LogP contribution in [-0.4, -0.2) is 45.8 Å². The summed E-state index contributed by atoms with van der Waals surface area (Å²) >= 11 is 0. The number of alkyl halides is 3. The number of fused-ring (bicyclic) bond motifs is 1. The maximum absolute atomic E-state index is 12.9. The van der Waals surface area contributed by atoms with E-state index in [-0.39, 0.29) is 31.0 Å². The summed E-state index contributed by atoms with van der Waals surface area (Å²) in [6.07, 6.45) is -2.84. The van der Waals surface area contributed by atoms with Crippen molar-refractivity contribution < 1.29 is 23.1 Å². The second-order valence-electron chi connectivity index (χ2n) is 5.52. The van der Waals surface area contributed by atoms with Crippen LogP contribution in [0.3, 0.4) is 0 Å². The molecule has 5 nitrogen and oxygen atoms in total. The minimum absolute atomic E-state index is 0.0468. The van der Waals surface area contributed by atoms with Gasteiger partial charge >= 0.3 is 6.18 Å². The summed E-state index contributed by atoms with van der Waals surface area (Å²) in [5.74, 6) is -0.667. The minimum Gasteiger partial charge on any atom is -0.395 e. The van der Waals surface area contributed by atoms with Crippen LogP contribution in [0.1, 0.15) is 36.7 Å². The Morgan fingerprint density at radius 3 is 2.77 bits per heavy atom. The molecule has 1 aliphatic rings. The maximum atomic E-state index is 12.9. The number of halogens is 3. The number of rotatable bonds is 5. The molecule has 1 amide bonds. The summed E-state index contributed by atoms with van der Waals surface area (Å²) < 4.78 is 38.8. The van der Waals surface area contributed by atoms with E-state index in [1.54, 1.807) is 0 Å². The molecule has 2 rings (SSSR count). The molecule has 0 saturated heterocycles. The largest absolute Gasteiger partial charge is 0.435 e. The number of carbonyl (C=O) groups is 1. The quantitative estimate of drug-likeness (QED) is 0.869.